The molecule has 0 unspecified atom stereocenters. The molecule has 0 radical (unpaired) electrons. The summed E-state index contributed by atoms with van der Waals surface area (Å²) in [6.07, 6.45) is 0. The zero-order chi connectivity index (χ0) is 25.3. The number of sulfonamides is 1. The standard InChI is InChI=1S/C24H23N3O6S2/c1-25(2)35(31,32)18-11-9-16(10-12-18)14-27-21(28)19-13-20(34-22(19)26(3)24(27)30)23(29)33-15-17-7-5-4-6-8-17/h4-13H,14-15H2,1-3H3. The number of aromatic nitrogens is 2. The van der Waals surface area contributed by atoms with Crippen LogP contribution in [0.15, 0.2) is 75.1 Å². The van der Waals surface area contributed by atoms with Gasteiger partial charge in [-0.15, -0.1) is 11.3 Å². The Labute approximate surface area is 205 Å². The fourth-order valence-electron chi connectivity index (χ4n) is 3.48. The molecule has 0 amide bonds. The van der Waals surface area contributed by atoms with Crippen LogP contribution in [0.25, 0.3) is 10.2 Å². The second kappa shape index (κ2) is 9.61. The largest absolute Gasteiger partial charge is 0.457 e. The number of carbonyl (C=O) groups excluding carboxylic acids is 1. The molecule has 2 heterocycles. The lowest BCUT2D eigenvalue weighted by molar-refractivity contribution is 0.0478. The molecule has 0 atom stereocenters. The van der Waals surface area contributed by atoms with Crippen LogP contribution in [-0.4, -0.2) is 41.9 Å². The summed E-state index contributed by atoms with van der Waals surface area (Å²) in [5, 5.41) is 0.232. The molecule has 11 heteroatoms. The van der Waals surface area contributed by atoms with E-state index in [9.17, 15) is 22.8 Å². The topological polar surface area (TPSA) is 108 Å². The Balaban J connectivity index is 1.63. The number of esters is 1. The summed E-state index contributed by atoms with van der Waals surface area (Å²) in [6.45, 7) is 0.0456. The van der Waals surface area contributed by atoms with E-state index >= 15 is 0 Å². The summed E-state index contributed by atoms with van der Waals surface area (Å²) >= 11 is 1.02. The zero-order valence-electron chi connectivity index (χ0n) is 19.3. The van der Waals surface area contributed by atoms with Crippen molar-refractivity contribution >= 4 is 37.5 Å². The van der Waals surface area contributed by atoms with Gasteiger partial charge in [-0.2, -0.15) is 0 Å². The van der Waals surface area contributed by atoms with Gasteiger partial charge in [0.1, 0.15) is 16.3 Å². The average molecular weight is 514 g/mol. The SMILES string of the molecule is CN(C)S(=O)(=O)c1ccc(Cn2c(=O)c3cc(C(=O)OCc4ccccc4)sc3n(C)c2=O)cc1. The monoisotopic (exact) mass is 513 g/mol. The molecule has 0 aliphatic carbocycles. The van der Waals surface area contributed by atoms with E-state index in [0.717, 1.165) is 25.8 Å². The summed E-state index contributed by atoms with van der Waals surface area (Å²) in [5.41, 5.74) is 0.338. The number of fused-ring (bicyclic) bond motifs is 1. The van der Waals surface area contributed by atoms with Crippen LogP contribution < -0.4 is 11.2 Å². The van der Waals surface area contributed by atoms with Crippen LogP contribution in [-0.2, 0) is 35.0 Å². The lowest BCUT2D eigenvalue weighted by Crippen LogP contribution is -2.38. The molecule has 0 aliphatic rings. The first-order valence-electron chi connectivity index (χ1n) is 10.6. The number of thiophene rings is 1. The molecule has 4 aromatic rings. The lowest BCUT2D eigenvalue weighted by Gasteiger charge is -2.12. The van der Waals surface area contributed by atoms with Crippen molar-refractivity contribution in [2.75, 3.05) is 14.1 Å². The highest BCUT2D eigenvalue weighted by Gasteiger charge is 2.20. The highest BCUT2D eigenvalue weighted by atomic mass is 32.2. The Morgan fingerprint density at radius 1 is 1.00 bits per heavy atom. The molecule has 182 valence electrons. The number of ether oxygens (including phenoxy) is 1. The Bertz CT molecular complexity index is 1620. The number of carbonyl (C=O) groups is 1. The maximum Gasteiger partial charge on any atom is 0.348 e. The minimum atomic E-state index is -3.59. The summed E-state index contributed by atoms with van der Waals surface area (Å²) in [6, 6.07) is 16.7. The Morgan fingerprint density at radius 3 is 2.29 bits per heavy atom. The number of benzene rings is 2. The number of hydrogen-bond acceptors (Lipinski definition) is 7. The van der Waals surface area contributed by atoms with Gasteiger partial charge < -0.3 is 4.74 Å². The minimum absolute atomic E-state index is 0.0482. The van der Waals surface area contributed by atoms with Crippen molar-refractivity contribution in [1.29, 1.82) is 0 Å². The van der Waals surface area contributed by atoms with Gasteiger partial charge in [-0.05, 0) is 29.3 Å². The molecular formula is C24H23N3O6S2. The van der Waals surface area contributed by atoms with Gasteiger partial charge in [-0.25, -0.2) is 22.3 Å². The lowest BCUT2D eigenvalue weighted by atomic mass is 10.2. The van der Waals surface area contributed by atoms with Gasteiger partial charge in [0, 0.05) is 21.1 Å². The van der Waals surface area contributed by atoms with Crippen molar-refractivity contribution in [1.82, 2.24) is 13.4 Å². The fourth-order valence-corrected chi connectivity index (χ4v) is 5.38. The van der Waals surface area contributed by atoms with Crippen LogP contribution in [0.5, 0.6) is 0 Å². The molecule has 0 aliphatic heterocycles. The van der Waals surface area contributed by atoms with E-state index in [1.807, 2.05) is 30.3 Å². The van der Waals surface area contributed by atoms with E-state index in [1.54, 1.807) is 12.1 Å². The van der Waals surface area contributed by atoms with Crippen LogP contribution in [0.2, 0.25) is 0 Å². The molecule has 0 N–H and O–H groups in total. The van der Waals surface area contributed by atoms with Gasteiger partial charge in [-0.3, -0.25) is 13.9 Å². The summed E-state index contributed by atoms with van der Waals surface area (Å²) in [5.74, 6) is -0.578. The van der Waals surface area contributed by atoms with Crippen molar-refractivity contribution < 1.29 is 17.9 Å². The molecule has 9 nitrogen and oxygen atoms in total. The van der Waals surface area contributed by atoms with Gasteiger partial charge in [0.25, 0.3) is 5.56 Å². The molecule has 2 aromatic heterocycles. The molecule has 4 rings (SSSR count). The smallest absolute Gasteiger partial charge is 0.348 e. The van der Waals surface area contributed by atoms with Crippen molar-refractivity contribution in [3.05, 3.63) is 97.5 Å². The van der Waals surface area contributed by atoms with Crippen LogP contribution in [0.3, 0.4) is 0 Å². The van der Waals surface area contributed by atoms with Crippen molar-refractivity contribution in [2.45, 2.75) is 18.0 Å². The highest BCUT2D eigenvalue weighted by molar-refractivity contribution is 7.89. The van der Waals surface area contributed by atoms with E-state index in [2.05, 4.69) is 0 Å². The Morgan fingerprint density at radius 2 is 1.66 bits per heavy atom. The molecule has 0 saturated heterocycles. The summed E-state index contributed by atoms with van der Waals surface area (Å²) in [4.78, 5) is 39.3. The number of aryl methyl sites for hydroxylation is 1. The van der Waals surface area contributed by atoms with Crippen molar-refractivity contribution in [3.63, 3.8) is 0 Å². The predicted molar refractivity (Wildman–Crippen MR) is 133 cm³/mol. The highest BCUT2D eigenvalue weighted by Crippen LogP contribution is 2.23. The summed E-state index contributed by atoms with van der Waals surface area (Å²) in [7, 11) is 0.818. The van der Waals surface area contributed by atoms with Gasteiger partial charge in [0.05, 0.1) is 16.8 Å². The summed E-state index contributed by atoms with van der Waals surface area (Å²) < 4.78 is 33.4. The first-order chi connectivity index (χ1) is 16.6. The molecule has 0 spiro atoms. The third-order valence-electron chi connectivity index (χ3n) is 5.47. The van der Waals surface area contributed by atoms with Gasteiger partial charge in [0.2, 0.25) is 10.0 Å². The third-order valence-corrected chi connectivity index (χ3v) is 8.49. The molecule has 0 bridgehead atoms. The van der Waals surface area contributed by atoms with Crippen LogP contribution in [0, 0.1) is 0 Å². The van der Waals surface area contributed by atoms with Crippen LogP contribution >= 0.6 is 11.3 Å². The predicted octanol–water partition coefficient (Wildman–Crippen LogP) is 2.42. The van der Waals surface area contributed by atoms with E-state index in [4.69, 9.17) is 4.74 Å². The van der Waals surface area contributed by atoms with Gasteiger partial charge in [-0.1, -0.05) is 42.5 Å². The van der Waals surface area contributed by atoms with E-state index in [0.29, 0.717) is 10.4 Å². The molecule has 35 heavy (non-hydrogen) atoms. The van der Waals surface area contributed by atoms with Crippen molar-refractivity contribution in [2.24, 2.45) is 7.05 Å². The van der Waals surface area contributed by atoms with E-state index < -0.39 is 27.2 Å². The molecule has 0 saturated carbocycles. The maximum absolute atomic E-state index is 13.1. The second-order valence-electron chi connectivity index (χ2n) is 8.06. The number of hydrogen-bond donors (Lipinski definition) is 0. The fraction of sp³-hybridized carbons (Fsp3) is 0.208. The molecule has 0 fully saturated rings. The first kappa shape index (κ1) is 24.6. The van der Waals surface area contributed by atoms with E-state index in [-0.39, 0.29) is 28.3 Å². The Hall–Kier alpha value is -3.54. The Kier molecular flexibility index (Phi) is 6.75. The first-order valence-corrected chi connectivity index (χ1v) is 12.8. The third kappa shape index (κ3) is 4.83. The quantitative estimate of drug-likeness (QED) is 0.351. The van der Waals surface area contributed by atoms with Crippen LogP contribution in [0.1, 0.15) is 20.8 Å². The molecule has 2 aromatic carbocycles. The van der Waals surface area contributed by atoms with E-state index in [1.165, 1.54) is 43.9 Å². The molecular weight excluding hydrogens is 490 g/mol. The van der Waals surface area contributed by atoms with Gasteiger partial charge >= 0.3 is 11.7 Å². The maximum atomic E-state index is 13.1. The number of rotatable bonds is 7. The normalized spacial score (nSPS) is 11.8. The van der Waals surface area contributed by atoms with Gasteiger partial charge in [0.15, 0.2) is 0 Å². The minimum Gasteiger partial charge on any atom is -0.457 e. The van der Waals surface area contributed by atoms with Crippen LogP contribution in [0.4, 0.5) is 0 Å². The average Bonchev–Trinajstić information content (AvgIpc) is 3.31. The van der Waals surface area contributed by atoms with Crippen molar-refractivity contribution in [3.8, 4) is 0 Å². The number of nitrogens with zero attached hydrogens (tertiary/aromatic N) is 3. The zero-order valence-corrected chi connectivity index (χ0v) is 20.9. The second-order valence-corrected chi connectivity index (χ2v) is 11.2.